The van der Waals surface area contributed by atoms with E-state index in [0.717, 1.165) is 17.8 Å². The second-order valence-corrected chi connectivity index (χ2v) is 4.92. The minimum atomic E-state index is 1.01. The highest BCUT2D eigenvalue weighted by molar-refractivity contribution is 5.18. The summed E-state index contributed by atoms with van der Waals surface area (Å²) in [6.07, 6.45) is 13.2. The second kappa shape index (κ2) is 2.61. The molecule has 0 heteroatoms. The molecule has 0 amide bonds. The van der Waals surface area contributed by atoms with Gasteiger partial charge in [0.05, 0.1) is 0 Å². The summed E-state index contributed by atoms with van der Waals surface area (Å²) in [5.74, 6) is 3.13. The highest BCUT2D eigenvalue weighted by atomic mass is 14.4. The van der Waals surface area contributed by atoms with E-state index < -0.39 is 0 Å². The Morgan fingerprint density at radius 3 is 3.08 bits per heavy atom. The van der Waals surface area contributed by atoms with Crippen molar-refractivity contribution in [3.63, 3.8) is 0 Å². The van der Waals surface area contributed by atoms with E-state index in [9.17, 15) is 0 Å². The molecule has 0 aromatic carbocycles. The van der Waals surface area contributed by atoms with Crippen molar-refractivity contribution >= 4 is 0 Å². The Hall–Kier alpha value is -0.260. The van der Waals surface area contributed by atoms with E-state index in [4.69, 9.17) is 0 Å². The second-order valence-electron chi connectivity index (χ2n) is 4.92. The van der Waals surface area contributed by atoms with Crippen LogP contribution in [0.4, 0.5) is 0 Å². The zero-order chi connectivity index (χ0) is 7.97. The average Bonchev–Trinajstić information content (AvgIpc) is 2.64. The lowest BCUT2D eigenvalue weighted by atomic mass is 9.78. The van der Waals surface area contributed by atoms with Crippen molar-refractivity contribution < 1.29 is 0 Å². The Kier molecular flexibility index (Phi) is 1.56. The Morgan fingerprint density at radius 1 is 1.08 bits per heavy atom. The van der Waals surface area contributed by atoms with E-state index >= 15 is 0 Å². The SMILES string of the molecule is C1=C2CCCC2CC2CCCC12. The van der Waals surface area contributed by atoms with Gasteiger partial charge >= 0.3 is 0 Å². The third-order valence-electron chi connectivity index (χ3n) is 4.28. The molecule has 66 valence electrons. The number of hydrogen-bond donors (Lipinski definition) is 0. The quantitative estimate of drug-likeness (QED) is 0.478. The fraction of sp³-hybridized carbons (Fsp3) is 0.833. The molecule has 0 radical (unpaired) electrons. The molecule has 0 N–H and O–H groups in total. The van der Waals surface area contributed by atoms with Gasteiger partial charge in [0, 0.05) is 0 Å². The molecule has 3 aliphatic carbocycles. The summed E-state index contributed by atoms with van der Waals surface area (Å²) >= 11 is 0. The van der Waals surface area contributed by atoms with Crippen molar-refractivity contribution in [3.05, 3.63) is 11.6 Å². The van der Waals surface area contributed by atoms with Crippen LogP contribution < -0.4 is 0 Å². The van der Waals surface area contributed by atoms with Gasteiger partial charge in [-0.05, 0) is 56.3 Å². The van der Waals surface area contributed by atoms with Crippen LogP contribution in [0.15, 0.2) is 11.6 Å². The van der Waals surface area contributed by atoms with E-state index in [1.165, 1.54) is 38.5 Å². The molecule has 0 spiro atoms. The van der Waals surface area contributed by atoms with Crippen LogP contribution in [0.1, 0.15) is 44.9 Å². The van der Waals surface area contributed by atoms with Gasteiger partial charge in [0.1, 0.15) is 0 Å². The van der Waals surface area contributed by atoms with Gasteiger partial charge in [-0.1, -0.05) is 18.1 Å². The topological polar surface area (TPSA) is 0 Å². The van der Waals surface area contributed by atoms with Gasteiger partial charge in [-0.2, -0.15) is 0 Å². The molecule has 0 saturated heterocycles. The Bertz CT molecular complexity index is 214. The first-order chi connectivity index (χ1) is 5.93. The maximum atomic E-state index is 2.67. The molecule has 2 saturated carbocycles. The molecule has 0 heterocycles. The zero-order valence-electron chi connectivity index (χ0n) is 7.76. The monoisotopic (exact) mass is 162 g/mol. The molecule has 3 unspecified atom stereocenters. The molecular formula is C12H18. The molecule has 3 atom stereocenters. The lowest BCUT2D eigenvalue weighted by molar-refractivity contribution is 0.342. The molecule has 0 aromatic rings. The average molecular weight is 162 g/mol. The molecule has 12 heavy (non-hydrogen) atoms. The summed E-state index contributed by atoms with van der Waals surface area (Å²) in [7, 11) is 0. The molecule has 2 fully saturated rings. The molecule has 3 aliphatic rings. The van der Waals surface area contributed by atoms with Crippen LogP contribution in [-0.2, 0) is 0 Å². The maximum absolute atomic E-state index is 2.67. The number of fused-ring (bicyclic) bond motifs is 2. The largest absolute Gasteiger partial charge is 0.0817 e. The van der Waals surface area contributed by atoms with Gasteiger partial charge in [-0.3, -0.25) is 0 Å². The van der Waals surface area contributed by atoms with Crippen LogP contribution in [-0.4, -0.2) is 0 Å². The lowest BCUT2D eigenvalue weighted by Gasteiger charge is -2.27. The van der Waals surface area contributed by atoms with Crippen LogP contribution in [0.5, 0.6) is 0 Å². The fourth-order valence-corrected chi connectivity index (χ4v) is 3.65. The molecule has 0 aliphatic heterocycles. The summed E-state index contributed by atoms with van der Waals surface area (Å²) in [6, 6.07) is 0. The van der Waals surface area contributed by atoms with Crippen LogP contribution in [0, 0.1) is 17.8 Å². The van der Waals surface area contributed by atoms with E-state index in [1.54, 1.807) is 6.42 Å². The summed E-state index contributed by atoms with van der Waals surface area (Å²) in [5.41, 5.74) is 1.85. The number of hydrogen-bond acceptors (Lipinski definition) is 0. The Labute approximate surface area is 75.0 Å². The highest BCUT2D eigenvalue weighted by Gasteiger charge is 2.35. The molecule has 0 nitrogen and oxygen atoms in total. The summed E-state index contributed by atoms with van der Waals surface area (Å²) in [4.78, 5) is 0. The summed E-state index contributed by atoms with van der Waals surface area (Å²) in [6.45, 7) is 0. The standard InChI is InChI=1S/C12H18/c1-3-9-7-11-5-2-6-12(11)8-10(9)4-1/h7,9-10,12H,1-6,8H2. The summed E-state index contributed by atoms with van der Waals surface area (Å²) < 4.78 is 0. The highest BCUT2D eigenvalue weighted by Crippen LogP contribution is 2.48. The van der Waals surface area contributed by atoms with Crippen LogP contribution in [0.25, 0.3) is 0 Å². The predicted octanol–water partition coefficient (Wildman–Crippen LogP) is 3.53. The van der Waals surface area contributed by atoms with Crippen molar-refractivity contribution in [2.45, 2.75) is 44.9 Å². The first-order valence-corrected chi connectivity index (χ1v) is 5.64. The lowest BCUT2D eigenvalue weighted by Crippen LogP contribution is -2.17. The van der Waals surface area contributed by atoms with E-state index in [0.29, 0.717) is 0 Å². The molecular weight excluding hydrogens is 144 g/mol. The first-order valence-electron chi connectivity index (χ1n) is 5.64. The third-order valence-corrected chi connectivity index (χ3v) is 4.28. The van der Waals surface area contributed by atoms with Crippen LogP contribution >= 0.6 is 0 Å². The van der Waals surface area contributed by atoms with Crippen LogP contribution in [0.3, 0.4) is 0 Å². The zero-order valence-corrected chi connectivity index (χ0v) is 7.76. The van der Waals surface area contributed by atoms with Gasteiger partial charge in [-0.25, -0.2) is 0 Å². The fourth-order valence-electron chi connectivity index (χ4n) is 3.65. The van der Waals surface area contributed by atoms with Crippen molar-refractivity contribution in [3.8, 4) is 0 Å². The van der Waals surface area contributed by atoms with Crippen LogP contribution in [0.2, 0.25) is 0 Å². The number of allylic oxidation sites excluding steroid dienone is 2. The maximum Gasteiger partial charge on any atom is -0.0200 e. The van der Waals surface area contributed by atoms with E-state index in [2.05, 4.69) is 6.08 Å². The van der Waals surface area contributed by atoms with Crippen molar-refractivity contribution in [1.82, 2.24) is 0 Å². The summed E-state index contributed by atoms with van der Waals surface area (Å²) in [5, 5.41) is 0. The van der Waals surface area contributed by atoms with Gasteiger partial charge in [0.15, 0.2) is 0 Å². The van der Waals surface area contributed by atoms with Gasteiger partial charge in [0.2, 0.25) is 0 Å². The molecule has 0 aromatic heterocycles. The third kappa shape index (κ3) is 0.967. The van der Waals surface area contributed by atoms with Gasteiger partial charge < -0.3 is 0 Å². The van der Waals surface area contributed by atoms with Crippen molar-refractivity contribution in [2.24, 2.45) is 17.8 Å². The molecule has 0 bridgehead atoms. The molecule has 3 rings (SSSR count). The van der Waals surface area contributed by atoms with E-state index in [-0.39, 0.29) is 0 Å². The van der Waals surface area contributed by atoms with E-state index in [1.807, 2.05) is 5.57 Å². The smallest absolute Gasteiger partial charge is 0.0200 e. The van der Waals surface area contributed by atoms with Crippen molar-refractivity contribution in [1.29, 1.82) is 0 Å². The first kappa shape index (κ1) is 7.17. The van der Waals surface area contributed by atoms with Crippen molar-refractivity contribution in [2.75, 3.05) is 0 Å². The normalized spacial score (nSPS) is 45.3. The van der Waals surface area contributed by atoms with Gasteiger partial charge in [0.25, 0.3) is 0 Å². The minimum Gasteiger partial charge on any atom is -0.0817 e. The number of rotatable bonds is 0. The van der Waals surface area contributed by atoms with Gasteiger partial charge in [-0.15, -0.1) is 0 Å². The minimum absolute atomic E-state index is 1.01. The Morgan fingerprint density at radius 2 is 2.08 bits per heavy atom. The predicted molar refractivity (Wildman–Crippen MR) is 50.9 cm³/mol. The Balaban J connectivity index is 1.88.